The van der Waals surface area contributed by atoms with E-state index in [1.807, 2.05) is 37.4 Å². The van der Waals surface area contributed by atoms with Crippen LogP contribution in [0.25, 0.3) is 0 Å². The third kappa shape index (κ3) is 5.34. The van der Waals surface area contributed by atoms with Gasteiger partial charge in [-0.25, -0.2) is 0 Å². The maximum absolute atomic E-state index is 6.07. The molecule has 2 saturated heterocycles. The van der Waals surface area contributed by atoms with Crippen LogP contribution in [0.15, 0.2) is 35.3 Å². The lowest BCUT2D eigenvalue weighted by atomic mass is 10.1. The van der Waals surface area contributed by atoms with Gasteiger partial charge in [0.1, 0.15) is 11.9 Å². The minimum atomic E-state index is 0.231. The van der Waals surface area contributed by atoms with Crippen molar-refractivity contribution >= 4 is 5.96 Å². The van der Waals surface area contributed by atoms with Crippen LogP contribution in [0.1, 0.15) is 12.8 Å². The van der Waals surface area contributed by atoms with E-state index in [0.717, 1.165) is 63.9 Å². The van der Waals surface area contributed by atoms with E-state index in [-0.39, 0.29) is 12.2 Å². The van der Waals surface area contributed by atoms with Gasteiger partial charge in [-0.15, -0.1) is 0 Å². The number of benzene rings is 1. The Morgan fingerprint density at radius 1 is 1.24 bits per heavy atom. The second kappa shape index (κ2) is 9.06. The number of nitrogens with zero attached hydrogens (tertiary/aromatic N) is 3. The summed E-state index contributed by atoms with van der Waals surface area (Å²) in [5.41, 5.74) is 0. The maximum Gasteiger partial charge on any atom is 0.193 e. The third-order valence-electron chi connectivity index (χ3n) is 4.83. The van der Waals surface area contributed by atoms with Crippen LogP contribution >= 0.6 is 0 Å². The molecule has 0 spiro atoms. The lowest BCUT2D eigenvalue weighted by molar-refractivity contribution is -0.0164. The van der Waals surface area contributed by atoms with Crippen LogP contribution in [0.5, 0.6) is 5.75 Å². The second-order valence-corrected chi connectivity index (χ2v) is 6.80. The predicted octanol–water partition coefficient (Wildman–Crippen LogP) is 1.44. The molecule has 6 nitrogen and oxygen atoms in total. The summed E-state index contributed by atoms with van der Waals surface area (Å²) in [5.74, 6) is 1.93. The minimum Gasteiger partial charge on any atom is -0.490 e. The number of ether oxygens (including phenoxy) is 2. The molecule has 0 bridgehead atoms. The molecule has 2 heterocycles. The Bertz CT molecular complexity index is 544. The molecule has 2 aliphatic rings. The van der Waals surface area contributed by atoms with Gasteiger partial charge in [-0.1, -0.05) is 18.2 Å². The number of hydrogen-bond acceptors (Lipinski definition) is 4. The van der Waals surface area contributed by atoms with Crippen molar-refractivity contribution in [1.82, 2.24) is 15.1 Å². The molecule has 2 aliphatic heterocycles. The Kier molecular flexibility index (Phi) is 6.53. The van der Waals surface area contributed by atoms with Crippen LogP contribution in [0, 0.1) is 0 Å². The first-order valence-corrected chi connectivity index (χ1v) is 9.22. The highest BCUT2D eigenvalue weighted by atomic mass is 16.5. The molecule has 0 aromatic heterocycles. The van der Waals surface area contributed by atoms with E-state index in [0.29, 0.717) is 0 Å². The first-order chi connectivity index (χ1) is 12.2. The number of nitrogens with one attached hydrogen (secondary N) is 1. The minimum absolute atomic E-state index is 0.231. The number of rotatable bonds is 4. The summed E-state index contributed by atoms with van der Waals surface area (Å²) in [7, 11) is 3.99. The molecule has 1 aromatic carbocycles. The summed E-state index contributed by atoms with van der Waals surface area (Å²) < 4.78 is 11.9. The summed E-state index contributed by atoms with van der Waals surface area (Å²) in [6, 6.07) is 10.1. The maximum atomic E-state index is 6.07. The standard InChI is InChI=1S/C19H30N4O2/c1-20-19(21-14-18-15-22(2)12-13-24-18)23-10-8-17(9-11-23)25-16-6-4-3-5-7-16/h3-7,17-18H,8-15H2,1-2H3,(H,20,21). The van der Waals surface area contributed by atoms with Gasteiger partial charge in [0.2, 0.25) is 0 Å². The zero-order valence-corrected chi connectivity index (χ0v) is 15.4. The molecule has 0 saturated carbocycles. The lowest BCUT2D eigenvalue weighted by Gasteiger charge is -2.35. The molecule has 1 atom stereocenters. The van der Waals surface area contributed by atoms with E-state index in [4.69, 9.17) is 9.47 Å². The molecule has 1 aromatic rings. The van der Waals surface area contributed by atoms with Crippen LogP contribution in [-0.2, 0) is 4.74 Å². The average molecular weight is 346 g/mol. The number of likely N-dealkylation sites (tertiary alicyclic amines) is 1. The van der Waals surface area contributed by atoms with Gasteiger partial charge >= 0.3 is 0 Å². The van der Waals surface area contributed by atoms with Crippen molar-refractivity contribution in [3.8, 4) is 5.75 Å². The second-order valence-electron chi connectivity index (χ2n) is 6.80. The van der Waals surface area contributed by atoms with Gasteiger partial charge in [-0.05, 0) is 19.2 Å². The van der Waals surface area contributed by atoms with Crippen molar-refractivity contribution in [2.45, 2.75) is 25.0 Å². The fourth-order valence-corrected chi connectivity index (χ4v) is 3.40. The van der Waals surface area contributed by atoms with Crippen molar-refractivity contribution in [2.24, 2.45) is 4.99 Å². The summed E-state index contributed by atoms with van der Waals surface area (Å²) in [6.45, 7) is 5.52. The molecule has 1 unspecified atom stereocenters. The highest BCUT2D eigenvalue weighted by Gasteiger charge is 2.24. The molecular formula is C19H30N4O2. The summed E-state index contributed by atoms with van der Waals surface area (Å²) >= 11 is 0. The molecule has 138 valence electrons. The Hall–Kier alpha value is -1.79. The molecule has 0 amide bonds. The number of aliphatic imine (C=N–C) groups is 1. The van der Waals surface area contributed by atoms with E-state index in [1.54, 1.807) is 0 Å². The molecule has 0 aliphatic carbocycles. The van der Waals surface area contributed by atoms with E-state index in [9.17, 15) is 0 Å². The summed E-state index contributed by atoms with van der Waals surface area (Å²) in [4.78, 5) is 9.07. The molecular weight excluding hydrogens is 316 g/mol. The van der Waals surface area contributed by atoms with Gasteiger partial charge in [-0.2, -0.15) is 0 Å². The normalized spacial score (nSPS) is 23.5. The van der Waals surface area contributed by atoms with Gasteiger partial charge in [0.25, 0.3) is 0 Å². The highest BCUT2D eigenvalue weighted by molar-refractivity contribution is 5.80. The summed E-state index contributed by atoms with van der Waals surface area (Å²) in [6.07, 6.45) is 2.54. The van der Waals surface area contributed by atoms with Crippen molar-refractivity contribution in [3.63, 3.8) is 0 Å². The Balaban J connectivity index is 1.42. The van der Waals surface area contributed by atoms with Crippen LogP contribution in [0.2, 0.25) is 0 Å². The Labute approximate surface area is 150 Å². The van der Waals surface area contributed by atoms with Crippen LogP contribution in [-0.4, -0.2) is 81.4 Å². The van der Waals surface area contributed by atoms with Crippen LogP contribution in [0.4, 0.5) is 0 Å². The van der Waals surface area contributed by atoms with Gasteiger partial charge in [0.15, 0.2) is 5.96 Å². The number of piperidine rings is 1. The Morgan fingerprint density at radius 2 is 2.00 bits per heavy atom. The van der Waals surface area contributed by atoms with Crippen molar-refractivity contribution in [3.05, 3.63) is 30.3 Å². The van der Waals surface area contributed by atoms with Crippen molar-refractivity contribution < 1.29 is 9.47 Å². The largest absolute Gasteiger partial charge is 0.490 e. The van der Waals surface area contributed by atoms with Gasteiger partial charge in [0, 0.05) is 52.6 Å². The van der Waals surface area contributed by atoms with Crippen LogP contribution in [0.3, 0.4) is 0 Å². The van der Waals surface area contributed by atoms with Gasteiger partial charge in [0.05, 0.1) is 12.7 Å². The zero-order chi connectivity index (χ0) is 17.5. The van der Waals surface area contributed by atoms with Gasteiger partial charge in [-0.3, -0.25) is 4.99 Å². The molecule has 1 N–H and O–H groups in total. The van der Waals surface area contributed by atoms with Crippen molar-refractivity contribution in [1.29, 1.82) is 0 Å². The molecule has 3 rings (SSSR count). The summed E-state index contributed by atoms with van der Waals surface area (Å²) in [5, 5.41) is 3.48. The smallest absolute Gasteiger partial charge is 0.193 e. The molecule has 6 heteroatoms. The Morgan fingerprint density at radius 3 is 2.68 bits per heavy atom. The lowest BCUT2D eigenvalue weighted by Crippen LogP contribution is -2.51. The fourth-order valence-electron chi connectivity index (χ4n) is 3.40. The average Bonchev–Trinajstić information content (AvgIpc) is 2.64. The number of morpholine rings is 1. The first kappa shape index (κ1) is 18.0. The van der Waals surface area contributed by atoms with E-state index in [1.165, 1.54) is 0 Å². The number of guanidine groups is 1. The fraction of sp³-hybridized carbons (Fsp3) is 0.632. The number of likely N-dealkylation sites (N-methyl/N-ethyl adjacent to an activating group) is 1. The predicted molar refractivity (Wildman–Crippen MR) is 100 cm³/mol. The van der Waals surface area contributed by atoms with E-state index in [2.05, 4.69) is 27.2 Å². The number of hydrogen-bond donors (Lipinski definition) is 1. The monoisotopic (exact) mass is 346 g/mol. The zero-order valence-electron chi connectivity index (χ0n) is 15.4. The van der Waals surface area contributed by atoms with Gasteiger partial charge < -0.3 is 24.6 Å². The molecule has 25 heavy (non-hydrogen) atoms. The molecule has 2 fully saturated rings. The number of para-hydroxylation sites is 1. The highest BCUT2D eigenvalue weighted by Crippen LogP contribution is 2.18. The molecule has 0 radical (unpaired) electrons. The van der Waals surface area contributed by atoms with Crippen LogP contribution < -0.4 is 10.1 Å². The van der Waals surface area contributed by atoms with Crippen molar-refractivity contribution in [2.75, 3.05) is 53.4 Å². The van der Waals surface area contributed by atoms with E-state index >= 15 is 0 Å². The quantitative estimate of drug-likeness (QED) is 0.660. The third-order valence-corrected chi connectivity index (χ3v) is 4.83. The SMILES string of the molecule is CN=C(NCC1CN(C)CCO1)N1CCC(Oc2ccccc2)CC1. The topological polar surface area (TPSA) is 49.3 Å². The first-order valence-electron chi connectivity index (χ1n) is 9.22. The van der Waals surface area contributed by atoms with E-state index < -0.39 is 0 Å².